The Labute approximate surface area is 291 Å². The number of hydrogen-bond acceptors (Lipinski definition) is 0. The van der Waals surface area contributed by atoms with Crippen molar-refractivity contribution < 1.29 is 0 Å². The molecule has 0 spiro atoms. The van der Waals surface area contributed by atoms with Crippen LogP contribution in [-0.4, -0.2) is 9.13 Å². The fourth-order valence-electron chi connectivity index (χ4n) is 8.03. The van der Waals surface area contributed by atoms with E-state index < -0.39 is 0 Å². The van der Waals surface area contributed by atoms with E-state index in [4.69, 9.17) is 0 Å². The third-order valence-electron chi connectivity index (χ3n) is 10.4. The summed E-state index contributed by atoms with van der Waals surface area (Å²) in [7, 11) is 0. The molecule has 50 heavy (non-hydrogen) atoms. The van der Waals surface area contributed by atoms with Crippen molar-refractivity contribution in [1.82, 2.24) is 9.13 Å². The SMILES string of the molecule is C1=C(c2ccccc2)C(n2c3ccccc3c3cc(-c4ccc5c(c4)c4ccccc4n5-c4ccc(-c5ccccc5)cc4)ccc32)=CCC1. The molecular weight excluding hydrogens is 605 g/mol. The smallest absolute Gasteiger partial charge is 0.0541 e. The fourth-order valence-corrected chi connectivity index (χ4v) is 8.03. The molecule has 0 fully saturated rings. The highest BCUT2D eigenvalue weighted by Gasteiger charge is 2.20. The number of aromatic nitrogens is 2. The van der Waals surface area contributed by atoms with Crippen LogP contribution in [0.3, 0.4) is 0 Å². The normalized spacial score (nSPS) is 13.3. The summed E-state index contributed by atoms with van der Waals surface area (Å²) in [4.78, 5) is 0. The van der Waals surface area contributed by atoms with E-state index in [1.807, 2.05) is 0 Å². The lowest BCUT2D eigenvalue weighted by molar-refractivity contribution is 1.02. The summed E-state index contributed by atoms with van der Waals surface area (Å²) in [5, 5.41) is 5.08. The Bertz CT molecular complexity index is 2770. The summed E-state index contributed by atoms with van der Waals surface area (Å²) in [6, 6.07) is 62.0. The van der Waals surface area contributed by atoms with Crippen LogP contribution < -0.4 is 0 Å². The molecule has 0 bridgehead atoms. The molecule has 10 rings (SSSR count). The highest BCUT2D eigenvalue weighted by atomic mass is 15.0. The van der Waals surface area contributed by atoms with E-state index in [2.05, 4.69) is 191 Å². The number of hydrogen-bond donors (Lipinski definition) is 0. The van der Waals surface area contributed by atoms with Crippen LogP contribution in [0.5, 0.6) is 0 Å². The molecule has 1 aliphatic rings. The quantitative estimate of drug-likeness (QED) is 0.178. The van der Waals surface area contributed by atoms with Gasteiger partial charge in [0.25, 0.3) is 0 Å². The number of nitrogens with zero attached hydrogens (tertiary/aromatic N) is 2. The van der Waals surface area contributed by atoms with Gasteiger partial charge in [-0.3, -0.25) is 0 Å². The van der Waals surface area contributed by atoms with Gasteiger partial charge in [0, 0.05) is 38.5 Å². The van der Waals surface area contributed by atoms with Crippen molar-refractivity contribution in [2.24, 2.45) is 0 Å². The maximum absolute atomic E-state index is 2.48. The molecule has 2 heterocycles. The molecule has 0 unspecified atom stereocenters. The van der Waals surface area contributed by atoms with Gasteiger partial charge in [-0.2, -0.15) is 0 Å². The zero-order valence-electron chi connectivity index (χ0n) is 27.6. The van der Waals surface area contributed by atoms with Gasteiger partial charge >= 0.3 is 0 Å². The van der Waals surface area contributed by atoms with Crippen molar-refractivity contribution in [2.75, 3.05) is 0 Å². The fraction of sp³-hybridized carbons (Fsp3) is 0.0417. The van der Waals surface area contributed by atoms with E-state index in [0.29, 0.717) is 0 Å². The van der Waals surface area contributed by atoms with Crippen LogP contribution in [0.1, 0.15) is 18.4 Å². The zero-order valence-corrected chi connectivity index (χ0v) is 27.6. The summed E-state index contributed by atoms with van der Waals surface area (Å²) < 4.78 is 4.88. The molecule has 236 valence electrons. The third kappa shape index (κ3) is 4.57. The largest absolute Gasteiger partial charge is 0.309 e. The molecule has 0 amide bonds. The first kappa shape index (κ1) is 28.6. The van der Waals surface area contributed by atoms with Gasteiger partial charge in [0.2, 0.25) is 0 Å². The molecule has 0 N–H and O–H groups in total. The van der Waals surface area contributed by atoms with Gasteiger partial charge in [-0.25, -0.2) is 0 Å². The number of rotatable bonds is 5. The number of para-hydroxylation sites is 2. The molecule has 7 aromatic carbocycles. The van der Waals surface area contributed by atoms with Gasteiger partial charge in [0.05, 0.1) is 22.1 Å². The Hall–Kier alpha value is -6.38. The van der Waals surface area contributed by atoms with E-state index >= 15 is 0 Å². The molecule has 0 radical (unpaired) electrons. The zero-order chi connectivity index (χ0) is 33.0. The first-order chi connectivity index (χ1) is 24.8. The molecular formula is C48H34N2. The molecule has 0 aliphatic heterocycles. The predicted octanol–water partition coefficient (Wildman–Crippen LogP) is 12.9. The average molecular weight is 639 g/mol. The van der Waals surface area contributed by atoms with Crippen LogP contribution in [0.25, 0.3) is 82.8 Å². The van der Waals surface area contributed by atoms with Crippen molar-refractivity contribution >= 4 is 54.9 Å². The lowest BCUT2D eigenvalue weighted by atomic mass is 9.96. The summed E-state index contributed by atoms with van der Waals surface area (Å²) in [6.45, 7) is 0. The number of benzene rings is 7. The van der Waals surface area contributed by atoms with Crippen LogP contribution >= 0.6 is 0 Å². The van der Waals surface area contributed by atoms with Gasteiger partial charge in [-0.15, -0.1) is 0 Å². The molecule has 9 aromatic rings. The second kappa shape index (κ2) is 11.6. The standard InChI is InChI=1S/C48H34N2/c1-3-13-33(14-4-1)34-23-27-38(28-24-34)49-45-21-11-8-18-40(45)42-31-36(25-29-47(42)49)37-26-30-48-43(32-37)41-19-9-12-22-46(41)50(48)44-20-10-7-17-39(44)35-15-5-2-6-16-35/h1-6,8-9,11-32H,7,10H2. The minimum absolute atomic E-state index is 1.04. The summed E-state index contributed by atoms with van der Waals surface area (Å²) in [6.07, 6.45) is 6.93. The molecule has 0 atom stereocenters. The maximum atomic E-state index is 2.48. The topological polar surface area (TPSA) is 9.86 Å². The van der Waals surface area contributed by atoms with Gasteiger partial charge in [-0.1, -0.05) is 133 Å². The van der Waals surface area contributed by atoms with Crippen molar-refractivity contribution in [2.45, 2.75) is 12.8 Å². The highest BCUT2D eigenvalue weighted by molar-refractivity contribution is 6.15. The molecule has 2 aromatic heterocycles. The molecule has 1 aliphatic carbocycles. The summed E-state index contributed by atoms with van der Waals surface area (Å²) in [5.74, 6) is 0. The predicted molar refractivity (Wildman–Crippen MR) is 213 cm³/mol. The maximum Gasteiger partial charge on any atom is 0.0541 e. The number of allylic oxidation sites excluding steroid dienone is 4. The van der Waals surface area contributed by atoms with Crippen LogP contribution in [0.15, 0.2) is 182 Å². The Morgan fingerprint density at radius 2 is 0.780 bits per heavy atom. The van der Waals surface area contributed by atoms with Crippen LogP contribution in [0, 0.1) is 0 Å². The van der Waals surface area contributed by atoms with Crippen molar-refractivity contribution in [3.8, 4) is 27.9 Å². The Morgan fingerprint density at radius 3 is 1.42 bits per heavy atom. The van der Waals surface area contributed by atoms with Gasteiger partial charge in [-0.05, 0) is 89.2 Å². The van der Waals surface area contributed by atoms with Crippen LogP contribution in [-0.2, 0) is 0 Å². The monoisotopic (exact) mass is 638 g/mol. The lowest BCUT2D eigenvalue weighted by Crippen LogP contribution is -2.03. The number of fused-ring (bicyclic) bond motifs is 6. The molecule has 2 heteroatoms. The minimum atomic E-state index is 1.04. The average Bonchev–Trinajstić information content (AvgIpc) is 3.71. The van der Waals surface area contributed by atoms with Gasteiger partial charge in [0.1, 0.15) is 0 Å². The van der Waals surface area contributed by atoms with E-state index in [9.17, 15) is 0 Å². The Kier molecular flexibility index (Phi) is 6.67. The van der Waals surface area contributed by atoms with Gasteiger partial charge < -0.3 is 9.13 Å². The van der Waals surface area contributed by atoms with Crippen molar-refractivity contribution in [3.05, 3.63) is 188 Å². The Balaban J connectivity index is 1.10. The second-order valence-electron chi connectivity index (χ2n) is 13.2. The van der Waals surface area contributed by atoms with Crippen molar-refractivity contribution in [1.29, 1.82) is 0 Å². The van der Waals surface area contributed by atoms with Gasteiger partial charge in [0.15, 0.2) is 0 Å². The van der Waals surface area contributed by atoms with E-state index in [1.165, 1.54) is 88.4 Å². The van der Waals surface area contributed by atoms with E-state index in [1.54, 1.807) is 0 Å². The summed E-state index contributed by atoms with van der Waals surface area (Å²) >= 11 is 0. The first-order valence-corrected chi connectivity index (χ1v) is 17.5. The molecule has 2 nitrogen and oxygen atoms in total. The van der Waals surface area contributed by atoms with Crippen LogP contribution in [0.4, 0.5) is 0 Å². The third-order valence-corrected chi connectivity index (χ3v) is 10.4. The van der Waals surface area contributed by atoms with Crippen LogP contribution in [0.2, 0.25) is 0 Å². The molecule has 0 saturated carbocycles. The second-order valence-corrected chi connectivity index (χ2v) is 13.2. The summed E-state index contributed by atoms with van der Waals surface area (Å²) in [5.41, 5.74) is 14.8. The highest BCUT2D eigenvalue weighted by Crippen LogP contribution is 2.41. The molecule has 0 saturated heterocycles. The minimum Gasteiger partial charge on any atom is -0.309 e. The Morgan fingerprint density at radius 1 is 0.320 bits per heavy atom. The van der Waals surface area contributed by atoms with E-state index in [-0.39, 0.29) is 0 Å². The van der Waals surface area contributed by atoms with Crippen molar-refractivity contribution in [3.63, 3.8) is 0 Å². The van der Waals surface area contributed by atoms with E-state index in [0.717, 1.165) is 12.8 Å². The first-order valence-electron chi connectivity index (χ1n) is 17.5. The lowest BCUT2D eigenvalue weighted by Gasteiger charge is -2.20.